The minimum Gasteiger partial charge on any atom is -0.495 e. The molecule has 1 aliphatic rings. The largest absolute Gasteiger partial charge is 0.495 e. The number of unbranched alkanes of at least 4 members (excludes halogenated alkanes) is 1. The lowest BCUT2D eigenvalue weighted by molar-refractivity contribution is -0.117. The van der Waals surface area contributed by atoms with Gasteiger partial charge in [0.1, 0.15) is 5.75 Å². The Balaban J connectivity index is 1.91. The van der Waals surface area contributed by atoms with Crippen LogP contribution in [0.2, 0.25) is 5.02 Å². The zero-order valence-electron chi connectivity index (χ0n) is 12.8. The number of ether oxygens (including phenoxy) is 1. The highest BCUT2D eigenvalue weighted by molar-refractivity contribution is 6.31. The third-order valence-corrected chi connectivity index (χ3v) is 3.93. The van der Waals surface area contributed by atoms with Crippen LogP contribution in [0.25, 0.3) is 0 Å². The first-order valence-corrected chi connectivity index (χ1v) is 8.00. The molecule has 0 aromatic heterocycles. The van der Waals surface area contributed by atoms with Crippen LogP contribution >= 0.6 is 11.6 Å². The van der Waals surface area contributed by atoms with Gasteiger partial charge in [-0.15, -0.1) is 0 Å². The summed E-state index contributed by atoms with van der Waals surface area (Å²) in [4.78, 5) is 14.4. The maximum atomic E-state index is 12.3. The predicted molar refractivity (Wildman–Crippen MR) is 87.5 cm³/mol. The number of carbonyl (C=O) groups is 1. The van der Waals surface area contributed by atoms with E-state index in [2.05, 4.69) is 10.2 Å². The predicted octanol–water partition coefficient (Wildman–Crippen LogP) is 2.52. The van der Waals surface area contributed by atoms with Crippen molar-refractivity contribution in [3.05, 3.63) is 23.2 Å². The maximum Gasteiger partial charge on any atom is 0.238 e. The van der Waals surface area contributed by atoms with E-state index in [4.69, 9.17) is 21.4 Å². The van der Waals surface area contributed by atoms with Crippen molar-refractivity contribution in [2.75, 3.05) is 32.1 Å². The minimum absolute atomic E-state index is 0.0727. The number of nitrogens with one attached hydrogen (secondary N) is 1. The van der Waals surface area contributed by atoms with Crippen molar-refractivity contribution in [3.8, 4) is 5.75 Å². The molecule has 0 heterocycles. The average molecular weight is 327 g/mol. The van der Waals surface area contributed by atoms with Gasteiger partial charge in [-0.3, -0.25) is 9.69 Å². The SMILES string of the molecule is COc1ccc(Cl)cc1NC(=O)CN(CCCCO)C1CC1. The van der Waals surface area contributed by atoms with Gasteiger partial charge in [-0.25, -0.2) is 0 Å². The van der Waals surface area contributed by atoms with E-state index >= 15 is 0 Å². The molecule has 2 rings (SSSR count). The van der Waals surface area contributed by atoms with Gasteiger partial charge in [-0.2, -0.15) is 0 Å². The Morgan fingerprint density at radius 1 is 1.45 bits per heavy atom. The van der Waals surface area contributed by atoms with Crippen molar-refractivity contribution in [1.82, 2.24) is 4.90 Å². The Morgan fingerprint density at radius 2 is 2.23 bits per heavy atom. The molecule has 5 nitrogen and oxygen atoms in total. The zero-order valence-corrected chi connectivity index (χ0v) is 13.6. The van der Waals surface area contributed by atoms with Gasteiger partial charge in [0.25, 0.3) is 0 Å². The van der Waals surface area contributed by atoms with Crippen molar-refractivity contribution in [2.24, 2.45) is 0 Å². The quantitative estimate of drug-likeness (QED) is 0.685. The summed E-state index contributed by atoms with van der Waals surface area (Å²) in [5.41, 5.74) is 0.589. The Hall–Kier alpha value is -1.30. The van der Waals surface area contributed by atoms with Crippen LogP contribution in [0.3, 0.4) is 0 Å². The molecule has 122 valence electrons. The molecule has 1 saturated carbocycles. The first-order chi connectivity index (χ1) is 10.6. The highest BCUT2D eigenvalue weighted by atomic mass is 35.5. The van der Waals surface area contributed by atoms with E-state index in [1.54, 1.807) is 25.3 Å². The van der Waals surface area contributed by atoms with E-state index in [-0.39, 0.29) is 12.5 Å². The van der Waals surface area contributed by atoms with Crippen LogP contribution in [-0.4, -0.2) is 48.8 Å². The Kier molecular flexibility index (Phi) is 6.49. The molecule has 1 fully saturated rings. The van der Waals surface area contributed by atoms with E-state index in [0.29, 0.717) is 29.0 Å². The Bertz CT molecular complexity index is 506. The molecule has 22 heavy (non-hydrogen) atoms. The van der Waals surface area contributed by atoms with Crippen LogP contribution in [0, 0.1) is 0 Å². The van der Waals surface area contributed by atoms with E-state index in [0.717, 1.165) is 32.2 Å². The molecule has 2 N–H and O–H groups in total. The summed E-state index contributed by atoms with van der Waals surface area (Å²) >= 11 is 5.97. The second-order valence-electron chi connectivity index (χ2n) is 5.53. The minimum atomic E-state index is -0.0727. The number of amides is 1. The third-order valence-electron chi connectivity index (χ3n) is 3.70. The average Bonchev–Trinajstić information content (AvgIpc) is 3.31. The molecule has 1 aliphatic carbocycles. The molecule has 0 radical (unpaired) electrons. The zero-order chi connectivity index (χ0) is 15.9. The summed E-state index contributed by atoms with van der Waals surface area (Å²) in [7, 11) is 1.56. The van der Waals surface area contributed by atoms with Gasteiger partial charge in [-0.05, 0) is 50.4 Å². The molecule has 0 atom stereocenters. The maximum absolute atomic E-state index is 12.3. The molecule has 0 bridgehead atoms. The monoisotopic (exact) mass is 326 g/mol. The second kappa shape index (κ2) is 8.36. The van der Waals surface area contributed by atoms with Crippen molar-refractivity contribution < 1.29 is 14.6 Å². The molecule has 1 aromatic carbocycles. The second-order valence-corrected chi connectivity index (χ2v) is 5.96. The number of rotatable bonds is 9. The summed E-state index contributed by atoms with van der Waals surface area (Å²) in [6.07, 6.45) is 3.97. The van der Waals surface area contributed by atoms with Crippen molar-refractivity contribution >= 4 is 23.2 Å². The molecule has 0 spiro atoms. The lowest BCUT2D eigenvalue weighted by atomic mass is 10.2. The van der Waals surface area contributed by atoms with Crippen LogP contribution in [0.15, 0.2) is 18.2 Å². The summed E-state index contributed by atoms with van der Waals surface area (Å²) < 4.78 is 5.23. The molecule has 0 unspecified atom stereocenters. The summed E-state index contributed by atoms with van der Waals surface area (Å²) in [6, 6.07) is 5.65. The topological polar surface area (TPSA) is 61.8 Å². The summed E-state index contributed by atoms with van der Waals surface area (Å²) in [6.45, 7) is 1.39. The number of hydrogen-bond acceptors (Lipinski definition) is 4. The highest BCUT2D eigenvalue weighted by Crippen LogP contribution is 2.29. The smallest absolute Gasteiger partial charge is 0.238 e. The van der Waals surface area contributed by atoms with Crippen LogP contribution in [0.5, 0.6) is 5.75 Å². The van der Waals surface area contributed by atoms with Crippen LogP contribution < -0.4 is 10.1 Å². The number of benzene rings is 1. The fourth-order valence-corrected chi connectivity index (χ4v) is 2.58. The van der Waals surface area contributed by atoms with Gasteiger partial charge in [0.15, 0.2) is 0 Å². The number of nitrogens with zero attached hydrogens (tertiary/aromatic N) is 1. The number of methoxy groups -OCH3 is 1. The number of aliphatic hydroxyl groups is 1. The molecular formula is C16H23ClN2O3. The number of anilines is 1. The van der Waals surface area contributed by atoms with Crippen molar-refractivity contribution in [1.29, 1.82) is 0 Å². The fourth-order valence-electron chi connectivity index (χ4n) is 2.41. The van der Waals surface area contributed by atoms with Crippen molar-refractivity contribution in [3.63, 3.8) is 0 Å². The number of halogens is 1. The lowest BCUT2D eigenvalue weighted by Crippen LogP contribution is -2.35. The van der Waals surface area contributed by atoms with Crippen LogP contribution in [-0.2, 0) is 4.79 Å². The highest BCUT2D eigenvalue weighted by Gasteiger charge is 2.29. The normalized spacial score (nSPS) is 14.2. The molecule has 0 aliphatic heterocycles. The molecule has 1 amide bonds. The molecule has 6 heteroatoms. The van der Waals surface area contributed by atoms with Crippen LogP contribution in [0.4, 0.5) is 5.69 Å². The van der Waals surface area contributed by atoms with E-state index < -0.39 is 0 Å². The Morgan fingerprint density at radius 3 is 2.86 bits per heavy atom. The van der Waals surface area contributed by atoms with E-state index in [1.165, 1.54) is 0 Å². The lowest BCUT2D eigenvalue weighted by Gasteiger charge is -2.21. The molecular weight excluding hydrogens is 304 g/mol. The third kappa shape index (κ3) is 5.16. The van der Waals surface area contributed by atoms with Crippen molar-refractivity contribution in [2.45, 2.75) is 31.7 Å². The first-order valence-electron chi connectivity index (χ1n) is 7.62. The molecule has 1 aromatic rings. The van der Waals surface area contributed by atoms with Gasteiger partial charge in [0, 0.05) is 17.7 Å². The fraction of sp³-hybridized carbons (Fsp3) is 0.562. The van der Waals surface area contributed by atoms with Gasteiger partial charge >= 0.3 is 0 Å². The number of aliphatic hydroxyl groups excluding tert-OH is 1. The summed E-state index contributed by atoms with van der Waals surface area (Å²) in [5, 5.41) is 12.3. The summed E-state index contributed by atoms with van der Waals surface area (Å²) in [5.74, 6) is 0.521. The van der Waals surface area contributed by atoms with E-state index in [9.17, 15) is 4.79 Å². The van der Waals surface area contributed by atoms with Gasteiger partial charge in [0.2, 0.25) is 5.91 Å². The standard InChI is InChI=1S/C16H23ClN2O3/c1-22-15-7-4-12(17)10-14(15)18-16(21)11-19(13-5-6-13)8-2-3-9-20/h4,7,10,13,20H,2-3,5-6,8-9,11H2,1H3,(H,18,21). The van der Waals surface area contributed by atoms with Gasteiger partial charge in [0.05, 0.1) is 19.3 Å². The number of carbonyl (C=O) groups excluding carboxylic acids is 1. The Labute approximate surface area is 136 Å². The number of hydrogen-bond donors (Lipinski definition) is 2. The first kappa shape index (κ1) is 17.1. The van der Waals surface area contributed by atoms with Crippen LogP contribution in [0.1, 0.15) is 25.7 Å². The van der Waals surface area contributed by atoms with Gasteiger partial charge in [-0.1, -0.05) is 11.6 Å². The van der Waals surface area contributed by atoms with E-state index in [1.807, 2.05) is 0 Å². The molecule has 0 saturated heterocycles. The van der Waals surface area contributed by atoms with Gasteiger partial charge < -0.3 is 15.2 Å².